The number of rotatable bonds is 6. The molecule has 1 atom stereocenters. The Balaban J connectivity index is 1.46. The van der Waals surface area contributed by atoms with Gasteiger partial charge in [0, 0.05) is 29.9 Å². The maximum atomic E-state index is 13.5. The van der Waals surface area contributed by atoms with Crippen molar-refractivity contribution >= 4 is 21.6 Å². The van der Waals surface area contributed by atoms with E-state index in [4.69, 9.17) is 4.52 Å². The predicted octanol–water partition coefficient (Wildman–Crippen LogP) is 4.99. The third kappa shape index (κ3) is 4.84. The number of nitrogens with zero attached hydrogens (tertiary/aromatic N) is 2. The molecule has 33 heavy (non-hydrogen) atoms. The van der Waals surface area contributed by atoms with E-state index in [0.29, 0.717) is 29.1 Å². The molecule has 1 amide bonds. The molecule has 0 spiro atoms. The fourth-order valence-corrected chi connectivity index (χ4v) is 5.82. The van der Waals surface area contributed by atoms with Crippen LogP contribution in [0.3, 0.4) is 0 Å². The van der Waals surface area contributed by atoms with E-state index >= 15 is 0 Å². The smallest absolute Gasteiger partial charge is 0.277 e. The molecule has 0 radical (unpaired) electrons. The monoisotopic (exact) mass is 471 g/mol. The maximum absolute atomic E-state index is 13.5. The molecule has 2 heterocycles. The highest BCUT2D eigenvalue weighted by molar-refractivity contribution is 7.89. The fraction of sp³-hybridized carbons (Fsp3) is 0.333. The minimum Gasteiger partial charge on any atom is -0.355 e. The van der Waals surface area contributed by atoms with E-state index in [1.165, 1.54) is 24.3 Å². The highest BCUT2D eigenvalue weighted by atomic mass is 32.2. The highest BCUT2D eigenvalue weighted by Crippen LogP contribution is 2.28. The summed E-state index contributed by atoms with van der Waals surface area (Å²) in [5.74, 6) is -0.481. The van der Waals surface area contributed by atoms with Gasteiger partial charge in [-0.3, -0.25) is 4.79 Å². The van der Waals surface area contributed by atoms with Gasteiger partial charge in [-0.05, 0) is 74.2 Å². The number of hydrogen-bond acceptors (Lipinski definition) is 5. The number of anilines is 1. The minimum absolute atomic E-state index is 0.0226. The van der Waals surface area contributed by atoms with Crippen LogP contribution in [0.25, 0.3) is 11.3 Å². The van der Waals surface area contributed by atoms with E-state index in [1.807, 2.05) is 6.92 Å². The predicted molar refractivity (Wildman–Crippen MR) is 123 cm³/mol. The molecule has 1 fully saturated rings. The van der Waals surface area contributed by atoms with Crippen molar-refractivity contribution in [3.05, 3.63) is 65.6 Å². The Morgan fingerprint density at radius 2 is 1.94 bits per heavy atom. The lowest BCUT2D eigenvalue weighted by atomic mass is 10.0. The van der Waals surface area contributed by atoms with Crippen LogP contribution in [0, 0.1) is 12.7 Å². The van der Waals surface area contributed by atoms with Crippen molar-refractivity contribution in [2.75, 3.05) is 11.9 Å². The Kier molecular flexibility index (Phi) is 6.62. The minimum atomic E-state index is -3.59. The summed E-state index contributed by atoms with van der Waals surface area (Å²) in [5, 5.41) is 6.48. The number of hydrogen-bond donors (Lipinski definition) is 1. The molecule has 9 heteroatoms. The number of benzene rings is 2. The van der Waals surface area contributed by atoms with Crippen LogP contribution in [0.4, 0.5) is 10.1 Å². The zero-order chi connectivity index (χ0) is 23.6. The number of nitrogens with one attached hydrogen (secondary N) is 1. The second-order valence-corrected chi connectivity index (χ2v) is 10.1. The maximum Gasteiger partial charge on any atom is 0.277 e. The Hall–Kier alpha value is -3.04. The molecule has 1 saturated heterocycles. The SMILES string of the molecule is CC[C@@H]1CCCCN1S(=O)(=O)c1ccc(NC(=O)c2cc(-c3ccc(F)c(C)c3)on2)cc1. The number of carbonyl (C=O) groups excluding carboxylic acids is 1. The Morgan fingerprint density at radius 1 is 1.18 bits per heavy atom. The summed E-state index contributed by atoms with van der Waals surface area (Å²) in [6.07, 6.45) is 3.56. The first-order valence-corrected chi connectivity index (χ1v) is 12.4. The van der Waals surface area contributed by atoms with Crippen molar-refractivity contribution in [2.24, 2.45) is 0 Å². The van der Waals surface area contributed by atoms with Gasteiger partial charge in [0.05, 0.1) is 4.90 Å². The van der Waals surface area contributed by atoms with Crippen LogP contribution in [0.2, 0.25) is 0 Å². The van der Waals surface area contributed by atoms with Crippen LogP contribution in [-0.2, 0) is 10.0 Å². The summed E-state index contributed by atoms with van der Waals surface area (Å²) >= 11 is 0. The first kappa shape index (κ1) is 23.1. The highest BCUT2D eigenvalue weighted by Gasteiger charge is 2.32. The number of sulfonamides is 1. The van der Waals surface area contributed by atoms with E-state index in [0.717, 1.165) is 25.7 Å². The normalized spacial score (nSPS) is 17.1. The van der Waals surface area contributed by atoms with Crippen molar-refractivity contribution < 1.29 is 22.1 Å². The average molecular weight is 472 g/mol. The largest absolute Gasteiger partial charge is 0.355 e. The summed E-state index contributed by atoms with van der Waals surface area (Å²) in [7, 11) is -3.59. The van der Waals surface area contributed by atoms with Gasteiger partial charge in [0.1, 0.15) is 5.82 Å². The van der Waals surface area contributed by atoms with Gasteiger partial charge in [0.15, 0.2) is 11.5 Å². The molecule has 0 bridgehead atoms. The van der Waals surface area contributed by atoms with Crippen molar-refractivity contribution in [1.29, 1.82) is 0 Å². The van der Waals surface area contributed by atoms with E-state index in [9.17, 15) is 17.6 Å². The Labute approximate surface area is 192 Å². The zero-order valence-electron chi connectivity index (χ0n) is 18.5. The number of halogens is 1. The third-order valence-electron chi connectivity index (χ3n) is 5.95. The van der Waals surface area contributed by atoms with Gasteiger partial charge in [-0.15, -0.1) is 0 Å². The molecular formula is C24H26FN3O4S. The first-order chi connectivity index (χ1) is 15.8. The summed E-state index contributed by atoms with van der Waals surface area (Å²) < 4.78 is 46.5. The number of amides is 1. The topological polar surface area (TPSA) is 92.5 Å². The van der Waals surface area contributed by atoms with Gasteiger partial charge in [-0.25, -0.2) is 12.8 Å². The molecule has 174 valence electrons. The van der Waals surface area contributed by atoms with E-state index in [1.54, 1.807) is 35.5 Å². The summed E-state index contributed by atoms with van der Waals surface area (Å²) in [6.45, 7) is 4.17. The molecule has 0 aliphatic carbocycles. The van der Waals surface area contributed by atoms with Gasteiger partial charge in [-0.1, -0.05) is 18.5 Å². The molecule has 1 N–H and O–H groups in total. The van der Waals surface area contributed by atoms with Gasteiger partial charge in [0.25, 0.3) is 5.91 Å². The lowest BCUT2D eigenvalue weighted by Crippen LogP contribution is -2.43. The molecule has 3 aromatic rings. The number of carbonyl (C=O) groups is 1. The zero-order valence-corrected chi connectivity index (χ0v) is 19.4. The van der Waals surface area contributed by atoms with Gasteiger partial charge in [-0.2, -0.15) is 4.31 Å². The standard InChI is InChI=1S/C24H26FN3O4S/c1-3-19-6-4-5-13-28(19)33(30,31)20-10-8-18(9-11-20)26-24(29)22-15-23(32-27-22)17-7-12-21(25)16(2)14-17/h7-12,14-15,19H,3-6,13H2,1-2H3,(H,26,29)/t19-/m1/s1. The van der Waals surface area contributed by atoms with E-state index in [2.05, 4.69) is 10.5 Å². The molecule has 2 aromatic carbocycles. The second-order valence-electron chi connectivity index (χ2n) is 8.19. The van der Waals surface area contributed by atoms with Crippen LogP contribution in [0.1, 0.15) is 48.7 Å². The average Bonchev–Trinajstić information content (AvgIpc) is 3.32. The Morgan fingerprint density at radius 3 is 2.64 bits per heavy atom. The van der Waals surface area contributed by atoms with E-state index in [-0.39, 0.29) is 22.4 Å². The molecule has 4 rings (SSSR count). The molecule has 0 saturated carbocycles. The van der Waals surface area contributed by atoms with Crippen molar-refractivity contribution in [3.8, 4) is 11.3 Å². The van der Waals surface area contributed by atoms with Crippen LogP contribution in [0.15, 0.2) is 57.9 Å². The molecular weight excluding hydrogens is 445 g/mol. The molecule has 1 aliphatic rings. The number of aromatic nitrogens is 1. The number of aryl methyl sites for hydroxylation is 1. The lowest BCUT2D eigenvalue weighted by Gasteiger charge is -2.34. The lowest BCUT2D eigenvalue weighted by molar-refractivity contribution is 0.101. The van der Waals surface area contributed by atoms with Crippen LogP contribution < -0.4 is 5.32 Å². The Bertz CT molecular complexity index is 1250. The van der Waals surface area contributed by atoms with Crippen molar-refractivity contribution in [2.45, 2.75) is 50.5 Å². The van der Waals surface area contributed by atoms with Crippen LogP contribution >= 0.6 is 0 Å². The molecule has 1 aromatic heterocycles. The van der Waals surface area contributed by atoms with Gasteiger partial charge in [0.2, 0.25) is 10.0 Å². The fourth-order valence-electron chi connectivity index (χ4n) is 4.06. The quantitative estimate of drug-likeness (QED) is 0.546. The molecule has 1 aliphatic heterocycles. The molecule has 7 nitrogen and oxygen atoms in total. The van der Waals surface area contributed by atoms with Gasteiger partial charge < -0.3 is 9.84 Å². The van der Waals surface area contributed by atoms with Crippen LogP contribution in [0.5, 0.6) is 0 Å². The van der Waals surface area contributed by atoms with Gasteiger partial charge >= 0.3 is 0 Å². The summed E-state index contributed by atoms with van der Waals surface area (Å²) in [5.41, 5.74) is 1.56. The first-order valence-electron chi connectivity index (χ1n) is 11.0. The van der Waals surface area contributed by atoms with Crippen LogP contribution in [-0.4, -0.2) is 36.4 Å². The summed E-state index contributed by atoms with van der Waals surface area (Å²) in [4.78, 5) is 12.8. The van der Waals surface area contributed by atoms with Crippen molar-refractivity contribution in [1.82, 2.24) is 9.46 Å². The van der Waals surface area contributed by atoms with E-state index < -0.39 is 15.9 Å². The molecule has 0 unspecified atom stereocenters. The van der Waals surface area contributed by atoms with Crippen molar-refractivity contribution in [3.63, 3.8) is 0 Å². The third-order valence-corrected chi connectivity index (χ3v) is 7.91. The summed E-state index contributed by atoms with van der Waals surface area (Å²) in [6, 6.07) is 12.1. The number of piperidine rings is 1. The second kappa shape index (κ2) is 9.44.